The molecule has 0 bridgehead atoms. The van der Waals surface area contributed by atoms with Gasteiger partial charge in [-0.25, -0.2) is 4.98 Å². The summed E-state index contributed by atoms with van der Waals surface area (Å²) in [7, 11) is 1.37. The summed E-state index contributed by atoms with van der Waals surface area (Å²) in [5.74, 6) is 0. The van der Waals surface area contributed by atoms with E-state index in [1.807, 2.05) is 0 Å². The van der Waals surface area contributed by atoms with Crippen molar-refractivity contribution in [2.24, 2.45) is 5.16 Å². The van der Waals surface area contributed by atoms with Gasteiger partial charge in [-0.05, 0) is 30.2 Å². The minimum absolute atomic E-state index is 0. The first-order chi connectivity index (χ1) is 15.1. The van der Waals surface area contributed by atoms with Gasteiger partial charge in [0.05, 0.1) is 17.3 Å². The molecule has 5 atom stereocenters. The Balaban J connectivity index is 0.00000306. The van der Waals surface area contributed by atoms with Gasteiger partial charge in [0.15, 0.2) is 6.23 Å². The monoisotopic (exact) mass is 490 g/mol. The summed E-state index contributed by atoms with van der Waals surface area (Å²) in [6.07, 6.45) is -8.35. The predicted octanol–water partition coefficient (Wildman–Crippen LogP) is 1.93. The summed E-state index contributed by atoms with van der Waals surface area (Å²) in [6, 6.07) is 4.83. The number of aromatic amines is 1. The number of aromatic nitrogens is 3. The fourth-order valence-electron chi connectivity index (χ4n) is 3.93. The van der Waals surface area contributed by atoms with Crippen LogP contribution in [0.15, 0.2) is 41.9 Å². The molecule has 1 fully saturated rings. The zero-order valence-electron chi connectivity index (χ0n) is 17.4. The van der Waals surface area contributed by atoms with Crippen molar-refractivity contribution in [1.82, 2.24) is 14.5 Å². The Kier molecular flexibility index (Phi) is 7.05. The number of aliphatic hydroxyl groups is 3. The van der Waals surface area contributed by atoms with Crippen molar-refractivity contribution in [2.45, 2.75) is 43.7 Å². The molecular weight excluding hydrogens is 469 g/mol. The molecule has 3 heterocycles. The molecule has 2 aromatic heterocycles. The largest absolute Gasteiger partial charge is 0.416 e. The Labute approximate surface area is 191 Å². The van der Waals surface area contributed by atoms with Crippen LogP contribution in [0.4, 0.5) is 13.2 Å². The number of hydrogen-bond acceptors (Lipinski definition) is 7. The van der Waals surface area contributed by atoms with Crippen LogP contribution in [0.2, 0.25) is 0 Å². The highest BCUT2D eigenvalue weighted by atomic mass is 35.5. The second kappa shape index (κ2) is 9.31. The summed E-state index contributed by atoms with van der Waals surface area (Å²) in [4.78, 5) is 11.7. The van der Waals surface area contributed by atoms with Crippen LogP contribution in [0.3, 0.4) is 0 Å². The van der Waals surface area contributed by atoms with E-state index in [2.05, 4.69) is 15.1 Å². The molecule has 0 radical (unpaired) electrons. The van der Waals surface area contributed by atoms with E-state index >= 15 is 0 Å². The number of aliphatic hydroxyl groups excluding tert-OH is 3. The van der Waals surface area contributed by atoms with Crippen molar-refractivity contribution >= 4 is 23.4 Å². The molecule has 0 spiro atoms. The number of fused-ring (bicyclic) bond motifs is 1. The number of hydrogen-bond donors (Lipinski definition) is 4. The highest BCUT2D eigenvalue weighted by Gasteiger charge is 2.47. The number of benzene rings is 1. The van der Waals surface area contributed by atoms with Crippen LogP contribution in [0, 0.1) is 6.92 Å². The molecule has 4 rings (SSSR count). The number of aryl methyl sites for hydroxylation is 1. The van der Waals surface area contributed by atoms with Crippen molar-refractivity contribution in [3.05, 3.63) is 59.0 Å². The van der Waals surface area contributed by atoms with Crippen LogP contribution in [-0.4, -0.2) is 55.3 Å². The van der Waals surface area contributed by atoms with Gasteiger partial charge in [0.25, 0.3) is 0 Å². The average Bonchev–Trinajstić information content (AvgIpc) is 3.29. The maximum absolute atomic E-state index is 13.0. The molecule has 0 amide bonds. The fourth-order valence-corrected chi connectivity index (χ4v) is 3.93. The maximum Gasteiger partial charge on any atom is 0.416 e. The summed E-state index contributed by atoms with van der Waals surface area (Å²) in [5, 5.41) is 36.2. The third-order valence-corrected chi connectivity index (χ3v) is 5.48. The number of halogens is 4. The highest BCUT2D eigenvalue weighted by Crippen LogP contribution is 2.38. The number of nitrogens with zero attached hydrogens (tertiary/aromatic N) is 3. The van der Waals surface area contributed by atoms with E-state index in [0.29, 0.717) is 11.0 Å². The third kappa shape index (κ3) is 4.44. The van der Waals surface area contributed by atoms with Crippen LogP contribution in [0.1, 0.15) is 29.0 Å². The van der Waals surface area contributed by atoms with Gasteiger partial charge in [-0.2, -0.15) is 13.2 Å². The first-order valence-corrected chi connectivity index (χ1v) is 9.62. The molecule has 1 saturated heterocycles. The zero-order valence-corrected chi connectivity index (χ0v) is 18.2. The van der Waals surface area contributed by atoms with Gasteiger partial charge >= 0.3 is 6.18 Å². The van der Waals surface area contributed by atoms with Crippen molar-refractivity contribution in [3.8, 4) is 0 Å². The van der Waals surface area contributed by atoms with Crippen LogP contribution in [0.25, 0.3) is 11.0 Å². The second-order valence-electron chi connectivity index (χ2n) is 7.47. The number of alkyl halides is 3. The van der Waals surface area contributed by atoms with Gasteiger partial charge < -0.3 is 34.4 Å². The van der Waals surface area contributed by atoms with Crippen molar-refractivity contribution in [2.75, 3.05) is 7.11 Å². The molecular formula is C20H22ClF3N4O5. The van der Waals surface area contributed by atoms with Gasteiger partial charge in [-0.15, -0.1) is 12.4 Å². The molecule has 0 aliphatic carbocycles. The maximum atomic E-state index is 13.0. The summed E-state index contributed by atoms with van der Waals surface area (Å²) in [6.45, 7) is 1.28. The van der Waals surface area contributed by atoms with E-state index in [4.69, 9.17) is 9.57 Å². The minimum atomic E-state index is -4.52. The fraction of sp³-hybridized carbons (Fsp3) is 0.400. The Bertz CT molecular complexity index is 1200. The van der Waals surface area contributed by atoms with Gasteiger partial charge in [0.2, 0.25) is 5.49 Å². The van der Waals surface area contributed by atoms with Gasteiger partial charge in [0.1, 0.15) is 37.2 Å². The quantitative estimate of drug-likeness (QED) is 0.414. The first-order valence-electron chi connectivity index (χ1n) is 9.62. The normalized spacial score (nSPS) is 24.7. The standard InChI is InChI=1S/C20H21F3N4O5.ClH/c1-9-7-10(3-4-12(9)20(21,22)23)13(28)16-14(29)15(30)19(32-16)27-6-5-11-17(26-31-2)24-8-25-18(11)27;/h3-8,13-16,19,28-30H,1-2H3,(H,24,25,26);1H/t13-,14+,15-,16-,19-;/m1./s1. The first kappa shape index (κ1) is 25.0. The molecule has 1 aliphatic rings. The van der Waals surface area contributed by atoms with Crippen molar-refractivity contribution < 1.29 is 38.1 Å². The molecule has 180 valence electrons. The lowest BCUT2D eigenvalue weighted by Gasteiger charge is -2.22. The van der Waals surface area contributed by atoms with Crippen molar-refractivity contribution in [3.63, 3.8) is 0 Å². The van der Waals surface area contributed by atoms with E-state index in [1.54, 1.807) is 12.3 Å². The van der Waals surface area contributed by atoms with E-state index in [9.17, 15) is 28.5 Å². The number of nitrogens with one attached hydrogen (secondary N) is 1. The lowest BCUT2D eigenvalue weighted by Crippen LogP contribution is -2.34. The lowest BCUT2D eigenvalue weighted by atomic mass is 9.96. The van der Waals surface area contributed by atoms with E-state index in [0.717, 1.165) is 12.1 Å². The van der Waals surface area contributed by atoms with Crippen LogP contribution in [-0.2, 0) is 15.8 Å². The molecule has 1 aromatic carbocycles. The minimum Gasteiger partial charge on any atom is -0.397 e. The van der Waals surface area contributed by atoms with Crippen molar-refractivity contribution in [1.29, 1.82) is 0 Å². The van der Waals surface area contributed by atoms with Gasteiger partial charge in [-0.3, -0.25) is 0 Å². The third-order valence-electron chi connectivity index (χ3n) is 5.48. The van der Waals surface area contributed by atoms with Gasteiger partial charge in [-0.1, -0.05) is 17.3 Å². The molecule has 3 aromatic rings. The molecule has 13 heteroatoms. The van der Waals surface area contributed by atoms with Crippen LogP contribution >= 0.6 is 12.4 Å². The lowest BCUT2D eigenvalue weighted by molar-refractivity contribution is -0.138. The number of rotatable bonds is 4. The molecule has 0 unspecified atom stereocenters. The van der Waals surface area contributed by atoms with E-state index in [1.165, 1.54) is 31.0 Å². The van der Waals surface area contributed by atoms with E-state index < -0.39 is 42.4 Å². The molecule has 9 nitrogen and oxygen atoms in total. The smallest absolute Gasteiger partial charge is 0.397 e. The number of H-pyrrole nitrogens is 1. The Hall–Kier alpha value is -2.64. The molecule has 0 saturated carbocycles. The van der Waals surface area contributed by atoms with Crippen LogP contribution < -0.4 is 5.49 Å². The summed E-state index contributed by atoms with van der Waals surface area (Å²) < 4.78 is 46.4. The zero-order chi connectivity index (χ0) is 23.2. The molecule has 33 heavy (non-hydrogen) atoms. The molecule has 1 aliphatic heterocycles. The summed E-state index contributed by atoms with van der Waals surface area (Å²) in [5.41, 5.74) is -0.0230. The SMILES string of the molecule is CO/N=c1\nc[nH]c2c1ccn2[C@@H]1O[C@H]([C@H](O)c2ccc(C(F)(F)F)c(C)c2)[C@@H](O)[C@H]1O.Cl. The Morgan fingerprint density at radius 3 is 2.61 bits per heavy atom. The second-order valence-corrected chi connectivity index (χ2v) is 7.47. The van der Waals surface area contributed by atoms with Crippen LogP contribution in [0.5, 0.6) is 0 Å². The van der Waals surface area contributed by atoms with Gasteiger partial charge in [0, 0.05) is 6.20 Å². The van der Waals surface area contributed by atoms with E-state index in [-0.39, 0.29) is 29.0 Å². The topological polar surface area (TPSA) is 125 Å². The average molecular weight is 491 g/mol. The Morgan fingerprint density at radius 1 is 1.24 bits per heavy atom. The summed E-state index contributed by atoms with van der Waals surface area (Å²) >= 11 is 0. The Morgan fingerprint density at radius 2 is 1.97 bits per heavy atom. The molecule has 4 N–H and O–H groups in total. The number of ether oxygens (including phenoxy) is 1. The highest BCUT2D eigenvalue weighted by molar-refractivity contribution is 5.85. The predicted molar refractivity (Wildman–Crippen MR) is 111 cm³/mol.